The molecule has 442 valence electrons. The fraction of sp³-hybridized carbons (Fsp3) is 0.391. The van der Waals surface area contributed by atoms with Crippen molar-refractivity contribution in [2.75, 3.05) is 26.4 Å². The molecule has 2 saturated carbocycles. The lowest BCUT2D eigenvalue weighted by atomic mass is 9.79. The summed E-state index contributed by atoms with van der Waals surface area (Å²) < 4.78 is 46.3. The molecule has 0 aliphatic heterocycles. The monoisotopic (exact) mass is 1140 g/mol. The number of aliphatic hydroxyl groups excluding tert-OH is 1. The summed E-state index contributed by atoms with van der Waals surface area (Å²) in [6.45, 7) is 10.8. The Labute approximate surface area is 492 Å². The second kappa shape index (κ2) is 32.5. The van der Waals surface area contributed by atoms with E-state index in [9.17, 15) is 24.3 Å². The lowest BCUT2D eigenvalue weighted by Gasteiger charge is -2.31. The van der Waals surface area contributed by atoms with Crippen LogP contribution in [0.15, 0.2) is 157 Å². The largest absolute Gasteiger partial charge is 0.494 e. The van der Waals surface area contributed by atoms with E-state index in [2.05, 4.69) is 60.6 Å². The number of fused-ring (bicyclic) bond motifs is 2. The molecule has 6 aromatic rings. The average Bonchev–Trinajstić information content (AvgIpc) is 2.27. The molecule has 6 aromatic carbocycles. The zero-order valence-corrected chi connectivity index (χ0v) is 48.1. The Kier molecular flexibility index (Phi) is 23.9. The Morgan fingerprint density at radius 3 is 1.50 bits per heavy atom. The van der Waals surface area contributed by atoms with Crippen molar-refractivity contribution >= 4 is 57.9 Å². The number of carbonyl (C=O) groups excluding carboxylic acids is 4. The minimum atomic E-state index is -1.06. The maximum atomic E-state index is 13.9. The zero-order chi connectivity index (χ0) is 58.9. The highest BCUT2D eigenvalue weighted by Gasteiger charge is 2.34. The molecule has 2 atom stereocenters. The summed E-state index contributed by atoms with van der Waals surface area (Å²) in [6.07, 6.45) is 16.6. The molecule has 2 aliphatic carbocycles. The van der Waals surface area contributed by atoms with Crippen LogP contribution in [0.3, 0.4) is 0 Å². The molecule has 15 heteroatoms. The maximum Gasteiger partial charge on any atom is 0.330 e. The van der Waals surface area contributed by atoms with Crippen molar-refractivity contribution in [1.82, 2.24) is 0 Å². The number of hydrogen-bond donors (Lipinski definition) is 1. The van der Waals surface area contributed by atoms with Crippen LogP contribution in [0.5, 0.6) is 34.5 Å². The summed E-state index contributed by atoms with van der Waals surface area (Å²) in [5, 5.41) is 24.3. The molecule has 0 saturated heterocycles. The Morgan fingerprint density at radius 2 is 0.964 bits per heavy atom. The van der Waals surface area contributed by atoms with Gasteiger partial charge in [-0.05, 0) is 210 Å². The minimum absolute atomic E-state index is 0.0616. The second-order valence-corrected chi connectivity index (χ2v) is 21.5. The van der Waals surface area contributed by atoms with Crippen molar-refractivity contribution in [3.8, 4) is 34.5 Å². The van der Waals surface area contributed by atoms with Gasteiger partial charge in [0.2, 0.25) is 0 Å². The number of rotatable bonds is 31. The zero-order valence-electron chi connectivity index (χ0n) is 48.1. The van der Waals surface area contributed by atoms with Gasteiger partial charge in [-0.2, -0.15) is 10.2 Å². The van der Waals surface area contributed by atoms with Gasteiger partial charge in [-0.1, -0.05) is 61.7 Å². The molecule has 0 aromatic heterocycles. The summed E-state index contributed by atoms with van der Waals surface area (Å²) >= 11 is 0. The SMILES string of the molecule is C=CC(=O)OCCCCCCOc1ccc(OC(C)C2CCC(C(=O)Oc3ccc(OC(=O)C4CCC(C(O)Oc5ccc(OCCCCCCOC(=O)C=C)cc5)CC4)c(/C=N/N=C/c4c5ccccc5cc5ccccc45)c3)CC2)cc1. The Bertz CT molecular complexity index is 3120. The van der Waals surface area contributed by atoms with E-state index in [1.807, 2.05) is 60.7 Å². The van der Waals surface area contributed by atoms with Crippen LogP contribution in [0.4, 0.5) is 0 Å². The van der Waals surface area contributed by atoms with E-state index >= 15 is 0 Å². The van der Waals surface area contributed by atoms with Crippen LogP contribution in [0.2, 0.25) is 0 Å². The number of benzene rings is 6. The van der Waals surface area contributed by atoms with E-state index in [-0.39, 0.29) is 35.6 Å². The molecule has 0 spiro atoms. The van der Waals surface area contributed by atoms with Crippen LogP contribution in [-0.4, -0.2) is 80.2 Å². The molecular formula is C69H78N2O13. The van der Waals surface area contributed by atoms with E-state index in [1.54, 1.807) is 36.5 Å². The van der Waals surface area contributed by atoms with Crippen LogP contribution >= 0.6 is 0 Å². The topological polar surface area (TPSA) is 187 Å². The Hall–Kier alpha value is -8.30. The summed E-state index contributed by atoms with van der Waals surface area (Å²) in [7, 11) is 0. The van der Waals surface area contributed by atoms with Gasteiger partial charge in [0, 0.05) is 29.2 Å². The molecule has 2 fully saturated rings. The number of nitrogens with zero attached hydrogens (tertiary/aromatic N) is 2. The number of carbonyl (C=O) groups is 4. The molecule has 1 N–H and O–H groups in total. The molecule has 84 heavy (non-hydrogen) atoms. The van der Waals surface area contributed by atoms with Crippen molar-refractivity contribution in [2.24, 2.45) is 33.9 Å². The molecule has 0 amide bonds. The van der Waals surface area contributed by atoms with E-state index in [4.69, 9.17) is 37.9 Å². The van der Waals surface area contributed by atoms with Gasteiger partial charge in [-0.3, -0.25) is 9.59 Å². The summed E-state index contributed by atoms with van der Waals surface area (Å²) in [4.78, 5) is 50.0. The average molecular weight is 1140 g/mol. The minimum Gasteiger partial charge on any atom is -0.494 e. The standard InChI is InChI=1S/C69H78N2O13/c1-4-65(72)79-42-16-8-6-14-40-77-56-30-34-58(35-31-56)81-48(3)49-22-24-50(25-23-49)68(75)83-60-38-39-64(55(45-60)46-70-71-47-63-61-20-12-10-18-53(61)44-54-19-11-13-21-62(54)63)84-69(76)52-28-26-51(27-29-52)67(74)82-59-36-32-57(33-37-59)78-41-15-7-9-17-43-80-66(73)5-2/h4-5,10-13,18-21,30-39,44-52,67,74H,1-2,6-9,14-17,22-29,40-43H2,3H3/b70-46+,71-47+. The fourth-order valence-electron chi connectivity index (χ4n) is 10.7. The van der Waals surface area contributed by atoms with Crippen LogP contribution in [-0.2, 0) is 28.7 Å². The van der Waals surface area contributed by atoms with E-state index in [1.165, 1.54) is 12.3 Å². The normalized spacial score (nSPS) is 17.7. The highest BCUT2D eigenvalue weighted by molar-refractivity contribution is 6.13. The first-order valence-electron chi connectivity index (χ1n) is 29.6. The van der Waals surface area contributed by atoms with Gasteiger partial charge < -0.3 is 43.0 Å². The fourth-order valence-corrected chi connectivity index (χ4v) is 10.7. The second-order valence-electron chi connectivity index (χ2n) is 21.5. The Balaban J connectivity index is 0.827. The van der Waals surface area contributed by atoms with Crippen LogP contribution in [0.25, 0.3) is 21.5 Å². The van der Waals surface area contributed by atoms with Crippen molar-refractivity contribution in [1.29, 1.82) is 0 Å². The summed E-state index contributed by atoms with van der Waals surface area (Å²) in [5.74, 6) is 1.14. The first kappa shape index (κ1) is 61.8. The quantitative estimate of drug-likeness (QED) is 0.00634. The number of esters is 4. The third kappa shape index (κ3) is 18.9. The van der Waals surface area contributed by atoms with Gasteiger partial charge in [0.25, 0.3) is 0 Å². The first-order valence-corrected chi connectivity index (χ1v) is 29.6. The third-order valence-corrected chi connectivity index (χ3v) is 15.6. The van der Waals surface area contributed by atoms with Crippen molar-refractivity contribution < 1.29 is 62.2 Å². The molecule has 2 unspecified atom stereocenters. The third-order valence-electron chi connectivity index (χ3n) is 15.6. The smallest absolute Gasteiger partial charge is 0.330 e. The van der Waals surface area contributed by atoms with Crippen molar-refractivity contribution in [2.45, 2.75) is 122 Å². The van der Waals surface area contributed by atoms with Crippen LogP contribution in [0.1, 0.15) is 121 Å². The number of aliphatic hydroxyl groups is 1. The van der Waals surface area contributed by atoms with E-state index in [0.717, 1.165) is 109 Å². The Morgan fingerprint density at radius 1 is 0.512 bits per heavy atom. The van der Waals surface area contributed by atoms with E-state index < -0.39 is 30.1 Å². The lowest BCUT2D eigenvalue weighted by Crippen LogP contribution is -2.33. The summed E-state index contributed by atoms with van der Waals surface area (Å²) in [6, 6.07) is 38.2. The molecule has 15 nitrogen and oxygen atoms in total. The molecule has 2 aliphatic rings. The van der Waals surface area contributed by atoms with Gasteiger partial charge in [0.15, 0.2) is 6.29 Å². The number of ether oxygens (including phenoxy) is 8. The highest BCUT2D eigenvalue weighted by Crippen LogP contribution is 2.37. The first-order chi connectivity index (χ1) is 41.0. The van der Waals surface area contributed by atoms with Crippen LogP contribution < -0.4 is 28.4 Å². The molecule has 8 rings (SSSR count). The maximum absolute atomic E-state index is 13.9. The lowest BCUT2D eigenvalue weighted by molar-refractivity contribution is -0.142. The molecular weight excluding hydrogens is 1060 g/mol. The highest BCUT2D eigenvalue weighted by atomic mass is 16.6. The predicted molar refractivity (Wildman–Crippen MR) is 325 cm³/mol. The van der Waals surface area contributed by atoms with Gasteiger partial charge in [-0.25, -0.2) is 9.59 Å². The van der Waals surface area contributed by atoms with E-state index in [0.29, 0.717) is 87.8 Å². The van der Waals surface area contributed by atoms with Crippen LogP contribution in [0, 0.1) is 23.7 Å². The van der Waals surface area contributed by atoms with Gasteiger partial charge in [0.1, 0.15) is 34.5 Å². The predicted octanol–water partition coefficient (Wildman–Crippen LogP) is 14.1. The van der Waals surface area contributed by atoms with Gasteiger partial charge in [0.05, 0.1) is 56.8 Å². The van der Waals surface area contributed by atoms with Gasteiger partial charge in [-0.15, -0.1) is 0 Å². The van der Waals surface area contributed by atoms with Crippen molar-refractivity contribution in [3.05, 3.63) is 158 Å². The number of hydrogen-bond acceptors (Lipinski definition) is 15. The van der Waals surface area contributed by atoms with Gasteiger partial charge >= 0.3 is 23.9 Å². The molecule has 0 bridgehead atoms. The summed E-state index contributed by atoms with van der Waals surface area (Å²) in [5.41, 5.74) is 1.33. The van der Waals surface area contributed by atoms with Crippen molar-refractivity contribution in [3.63, 3.8) is 0 Å². The molecule has 0 radical (unpaired) electrons. The molecule has 0 heterocycles. The number of unbranched alkanes of at least 4 members (excludes halogenated alkanes) is 6.